The molecule has 2 aromatic rings. The Labute approximate surface area is 166 Å². The third-order valence-electron chi connectivity index (χ3n) is 4.21. The fourth-order valence-electron chi connectivity index (χ4n) is 2.71. The highest BCUT2D eigenvalue weighted by molar-refractivity contribution is 5.97. The van der Waals surface area contributed by atoms with Crippen LogP contribution < -0.4 is 15.4 Å². The van der Waals surface area contributed by atoms with E-state index in [1.807, 2.05) is 5.32 Å². The largest absolute Gasteiger partial charge is 0.496 e. The molecule has 0 saturated carbocycles. The van der Waals surface area contributed by atoms with Gasteiger partial charge in [0.15, 0.2) is 0 Å². The number of quaternary nitrogens is 1. The van der Waals surface area contributed by atoms with Gasteiger partial charge in [0.25, 0.3) is 5.91 Å². The van der Waals surface area contributed by atoms with Crippen molar-refractivity contribution in [2.24, 2.45) is 0 Å². The number of carbonyl (C=O) groups is 2. The van der Waals surface area contributed by atoms with E-state index in [0.717, 1.165) is 0 Å². The molecular weight excluding hydrogens is 389 g/mol. The van der Waals surface area contributed by atoms with Crippen LogP contribution in [0.15, 0.2) is 54.6 Å². The molecule has 0 aromatic heterocycles. The average Bonchev–Trinajstić information content (AvgIpc) is 2.71. The lowest BCUT2D eigenvalue weighted by atomic mass is 10.1. The maximum atomic E-state index is 14.1. The van der Waals surface area contributed by atoms with Gasteiger partial charge in [-0.25, -0.2) is 4.79 Å². The second kappa shape index (κ2) is 9.42. The third kappa shape index (κ3) is 5.05. The highest BCUT2D eigenvalue weighted by Gasteiger charge is 2.67. The zero-order valence-electron chi connectivity index (χ0n) is 16.0. The first kappa shape index (κ1) is 22.2. The predicted molar refractivity (Wildman–Crippen MR) is 98.0 cm³/mol. The van der Waals surface area contributed by atoms with Crippen molar-refractivity contribution < 1.29 is 37.6 Å². The molecule has 0 fully saturated rings. The van der Waals surface area contributed by atoms with E-state index < -0.39 is 23.7 Å². The van der Waals surface area contributed by atoms with Crippen molar-refractivity contribution >= 4 is 11.9 Å². The van der Waals surface area contributed by atoms with Gasteiger partial charge in [-0.3, -0.25) is 10.1 Å². The van der Waals surface area contributed by atoms with Gasteiger partial charge < -0.3 is 14.8 Å². The maximum absolute atomic E-state index is 14.1. The first-order valence-corrected chi connectivity index (χ1v) is 8.83. The van der Waals surface area contributed by atoms with Gasteiger partial charge in [-0.2, -0.15) is 13.2 Å². The van der Waals surface area contributed by atoms with Gasteiger partial charge in [-0.15, -0.1) is 0 Å². The van der Waals surface area contributed by atoms with Gasteiger partial charge in [0.05, 0.1) is 13.7 Å². The number of ether oxygens (including phenoxy) is 2. The molecule has 6 nitrogen and oxygen atoms in total. The van der Waals surface area contributed by atoms with Crippen molar-refractivity contribution in [3.63, 3.8) is 0 Å². The number of nitrogens with one attached hydrogen (secondary N) is 1. The summed E-state index contributed by atoms with van der Waals surface area (Å²) in [6.07, 6.45) is -5.13. The Bertz CT molecular complexity index is 843. The molecule has 3 N–H and O–H groups in total. The average molecular weight is 411 g/mol. The minimum atomic E-state index is -5.13. The van der Waals surface area contributed by atoms with Gasteiger partial charge in [0.1, 0.15) is 12.3 Å². The number of hydrogen-bond donors (Lipinski definition) is 2. The van der Waals surface area contributed by atoms with E-state index in [-0.39, 0.29) is 18.7 Å². The van der Waals surface area contributed by atoms with Crippen molar-refractivity contribution in [1.82, 2.24) is 5.32 Å². The maximum Gasteiger partial charge on any atom is 0.478 e. The molecule has 9 heteroatoms. The van der Waals surface area contributed by atoms with Crippen LogP contribution in [0, 0.1) is 0 Å². The fourth-order valence-corrected chi connectivity index (χ4v) is 2.71. The number of methoxy groups -OCH3 is 1. The van der Waals surface area contributed by atoms with E-state index in [2.05, 4.69) is 4.74 Å². The quantitative estimate of drug-likeness (QED) is 0.514. The summed E-state index contributed by atoms with van der Waals surface area (Å²) < 4.78 is 52.2. The summed E-state index contributed by atoms with van der Waals surface area (Å²) in [6, 6.07) is 13.8. The van der Waals surface area contributed by atoms with Crippen LogP contribution in [0.3, 0.4) is 0 Å². The monoisotopic (exact) mass is 411 g/mol. The number of para-hydroxylation sites is 1. The molecule has 0 unspecified atom stereocenters. The summed E-state index contributed by atoms with van der Waals surface area (Å²) in [6.45, 7) is 0.816. The Morgan fingerprint density at radius 3 is 2.24 bits per heavy atom. The van der Waals surface area contributed by atoms with E-state index in [4.69, 9.17) is 4.74 Å². The minimum Gasteiger partial charge on any atom is -0.496 e. The zero-order valence-corrected chi connectivity index (χ0v) is 16.0. The molecule has 2 rings (SSSR count). The van der Waals surface area contributed by atoms with Crippen LogP contribution >= 0.6 is 0 Å². The summed E-state index contributed by atoms with van der Waals surface area (Å²) in [7, 11) is 1.39. The van der Waals surface area contributed by atoms with E-state index in [1.54, 1.807) is 30.3 Å². The van der Waals surface area contributed by atoms with Crippen molar-refractivity contribution in [1.29, 1.82) is 0 Å². The van der Waals surface area contributed by atoms with E-state index in [9.17, 15) is 22.8 Å². The summed E-state index contributed by atoms with van der Waals surface area (Å²) in [5.74, 6) is -2.29. The molecule has 0 aliphatic rings. The molecule has 1 atom stereocenters. The van der Waals surface area contributed by atoms with Crippen LogP contribution in [0.5, 0.6) is 5.75 Å². The molecule has 1 amide bonds. The Hall–Kier alpha value is -3.07. The molecule has 0 bridgehead atoms. The molecule has 29 heavy (non-hydrogen) atoms. The number of hydrogen-bond acceptors (Lipinski definition) is 4. The minimum absolute atomic E-state index is 0.0175. The standard InChI is InChI=1S/C20H21F3N2O4/c1-3-29-18(27)19(20(21,22)23,25-17(26)14-9-5-4-6-10-14)24-13-15-11-7-8-12-16(15)28-2/h4-12,24H,3,13H2,1-2H3,(H,25,26)/p+1/t19-/m1/s1. The topological polar surface area (TPSA) is 81.2 Å². The number of carbonyl (C=O) groups excluding carboxylic acids is 2. The summed E-state index contributed by atoms with van der Waals surface area (Å²) in [5, 5.41) is 2.54. The van der Waals surface area contributed by atoms with Crippen molar-refractivity contribution in [3.05, 3.63) is 65.7 Å². The lowest BCUT2D eigenvalue weighted by Gasteiger charge is -2.31. The van der Waals surface area contributed by atoms with Crippen molar-refractivity contribution in [2.45, 2.75) is 25.3 Å². The smallest absolute Gasteiger partial charge is 0.478 e. The molecule has 0 spiro atoms. The number of rotatable bonds is 8. The van der Waals surface area contributed by atoms with Gasteiger partial charge in [0, 0.05) is 11.1 Å². The molecule has 156 valence electrons. The molecule has 0 heterocycles. The summed E-state index contributed by atoms with van der Waals surface area (Å²) in [4.78, 5) is 24.9. The highest BCUT2D eigenvalue weighted by Crippen LogP contribution is 2.28. The number of alkyl halides is 3. The van der Waals surface area contributed by atoms with Crippen LogP contribution in [0.4, 0.5) is 13.2 Å². The Morgan fingerprint density at radius 1 is 1.03 bits per heavy atom. The first-order chi connectivity index (χ1) is 13.7. The first-order valence-electron chi connectivity index (χ1n) is 8.83. The number of benzene rings is 2. The number of amides is 1. The van der Waals surface area contributed by atoms with Gasteiger partial charge in [-0.1, -0.05) is 30.3 Å². The summed E-state index contributed by atoms with van der Waals surface area (Å²) >= 11 is 0. The molecule has 0 aliphatic heterocycles. The second-order valence-corrected chi connectivity index (χ2v) is 6.07. The van der Waals surface area contributed by atoms with Crippen LogP contribution in [-0.2, 0) is 16.1 Å². The zero-order chi connectivity index (χ0) is 21.5. The molecule has 0 saturated heterocycles. The van der Waals surface area contributed by atoms with E-state index in [1.165, 1.54) is 38.3 Å². The van der Waals surface area contributed by atoms with Crippen LogP contribution in [0.25, 0.3) is 0 Å². The van der Waals surface area contributed by atoms with Gasteiger partial charge >= 0.3 is 17.8 Å². The molecule has 0 aliphatic carbocycles. The van der Waals surface area contributed by atoms with Gasteiger partial charge in [0.2, 0.25) is 0 Å². The number of nitrogens with two attached hydrogens (primary N) is 1. The van der Waals surface area contributed by atoms with Crippen LogP contribution in [0.2, 0.25) is 0 Å². The summed E-state index contributed by atoms with van der Waals surface area (Å²) in [5.41, 5.74) is -2.92. The van der Waals surface area contributed by atoms with Crippen molar-refractivity contribution in [3.8, 4) is 5.75 Å². The number of halogens is 3. The SMILES string of the molecule is CCOC(=O)[C@](NC(=O)c1ccccc1)([NH2+]Cc1ccccc1OC)C(F)(F)F. The molecule has 0 radical (unpaired) electrons. The number of esters is 1. The van der Waals surface area contributed by atoms with Crippen molar-refractivity contribution in [2.75, 3.05) is 13.7 Å². The molecule has 2 aromatic carbocycles. The lowest BCUT2D eigenvalue weighted by Crippen LogP contribution is -3.06. The Kier molecular flexibility index (Phi) is 7.22. The Balaban J connectivity index is 2.42. The lowest BCUT2D eigenvalue weighted by molar-refractivity contribution is -0.757. The van der Waals surface area contributed by atoms with E-state index >= 15 is 0 Å². The highest BCUT2D eigenvalue weighted by atomic mass is 19.4. The normalized spacial score (nSPS) is 13.3. The molecular formula is C20H22F3N2O4+. The van der Waals surface area contributed by atoms with Crippen LogP contribution in [-0.4, -0.2) is 37.4 Å². The second-order valence-electron chi connectivity index (χ2n) is 6.07. The van der Waals surface area contributed by atoms with E-state index in [0.29, 0.717) is 16.6 Å². The predicted octanol–water partition coefficient (Wildman–Crippen LogP) is 2.01. The fraction of sp³-hybridized carbons (Fsp3) is 0.300. The Morgan fingerprint density at radius 2 is 1.66 bits per heavy atom. The van der Waals surface area contributed by atoms with Crippen LogP contribution in [0.1, 0.15) is 22.8 Å². The van der Waals surface area contributed by atoms with Gasteiger partial charge in [-0.05, 0) is 31.2 Å². The third-order valence-corrected chi connectivity index (χ3v) is 4.21.